The molecule has 0 radical (unpaired) electrons. The van der Waals surface area contributed by atoms with Crippen LogP contribution in [0.3, 0.4) is 0 Å². The van der Waals surface area contributed by atoms with Gasteiger partial charge >= 0.3 is 5.97 Å². The Labute approximate surface area is 157 Å². The molecule has 2 aromatic rings. The van der Waals surface area contributed by atoms with Crippen LogP contribution in [0.15, 0.2) is 48.2 Å². The largest absolute Gasteiger partial charge is 0.494 e. The molecule has 0 unspecified atom stereocenters. The summed E-state index contributed by atoms with van der Waals surface area (Å²) >= 11 is 0. The van der Waals surface area contributed by atoms with Gasteiger partial charge in [-0.05, 0) is 49.8 Å². The van der Waals surface area contributed by atoms with Gasteiger partial charge in [-0.3, -0.25) is 4.79 Å². The molecule has 0 saturated heterocycles. The van der Waals surface area contributed by atoms with Gasteiger partial charge in [-0.1, -0.05) is 12.1 Å². The fourth-order valence-corrected chi connectivity index (χ4v) is 2.64. The maximum atomic E-state index is 12.5. The van der Waals surface area contributed by atoms with Gasteiger partial charge in [0, 0.05) is 6.07 Å². The zero-order valence-corrected chi connectivity index (χ0v) is 15.4. The average molecular weight is 368 g/mol. The van der Waals surface area contributed by atoms with Crippen molar-refractivity contribution in [3.8, 4) is 17.2 Å². The molecule has 6 nitrogen and oxygen atoms in total. The molecule has 1 aliphatic heterocycles. The fourth-order valence-electron chi connectivity index (χ4n) is 2.64. The van der Waals surface area contributed by atoms with E-state index in [1.807, 2.05) is 31.2 Å². The topological polar surface area (TPSA) is 71.1 Å². The zero-order valence-electron chi connectivity index (χ0n) is 15.4. The van der Waals surface area contributed by atoms with Crippen LogP contribution in [0.25, 0.3) is 6.08 Å². The van der Waals surface area contributed by atoms with Crippen LogP contribution in [0, 0.1) is 0 Å². The van der Waals surface area contributed by atoms with E-state index in [1.54, 1.807) is 31.2 Å². The molecule has 0 fully saturated rings. The number of hydrogen-bond donors (Lipinski definition) is 0. The molecule has 0 spiro atoms. The summed E-state index contributed by atoms with van der Waals surface area (Å²) in [4.78, 5) is 24.0. The molecular weight excluding hydrogens is 348 g/mol. The van der Waals surface area contributed by atoms with Gasteiger partial charge in [0.05, 0.1) is 19.3 Å². The summed E-state index contributed by atoms with van der Waals surface area (Å²) in [7, 11) is 1.30. The molecule has 27 heavy (non-hydrogen) atoms. The Kier molecular flexibility index (Phi) is 5.45. The first-order chi connectivity index (χ1) is 13.0. The Balaban J connectivity index is 1.77. The third-order valence-electron chi connectivity index (χ3n) is 3.98. The summed E-state index contributed by atoms with van der Waals surface area (Å²) in [5.41, 5.74) is 1.27. The van der Waals surface area contributed by atoms with Gasteiger partial charge in [0.15, 0.2) is 11.9 Å². The number of allylic oxidation sites excluding steroid dienone is 1. The molecule has 2 aromatic carbocycles. The van der Waals surface area contributed by atoms with Crippen molar-refractivity contribution in [3.05, 3.63) is 59.4 Å². The monoisotopic (exact) mass is 368 g/mol. The van der Waals surface area contributed by atoms with Gasteiger partial charge in [0.2, 0.25) is 5.78 Å². The van der Waals surface area contributed by atoms with Gasteiger partial charge < -0.3 is 18.9 Å². The van der Waals surface area contributed by atoms with Gasteiger partial charge in [0.25, 0.3) is 0 Å². The summed E-state index contributed by atoms with van der Waals surface area (Å²) < 4.78 is 21.3. The van der Waals surface area contributed by atoms with Crippen LogP contribution < -0.4 is 14.2 Å². The molecule has 0 aromatic heterocycles. The Morgan fingerprint density at radius 3 is 2.52 bits per heavy atom. The van der Waals surface area contributed by atoms with E-state index in [9.17, 15) is 9.59 Å². The standard InChI is InChI=1S/C21H20O6/c1-4-25-15-7-5-14(6-8-15)11-19-20(22)17-10-9-16(12-18(17)27-19)26-13(2)21(23)24-3/h5-13H,4H2,1-3H3/b19-11-/t13-/m1/s1. The maximum Gasteiger partial charge on any atom is 0.346 e. The number of methoxy groups -OCH3 is 1. The van der Waals surface area contributed by atoms with Crippen LogP contribution in [0.5, 0.6) is 17.2 Å². The summed E-state index contributed by atoms with van der Waals surface area (Å²) in [6.45, 7) is 4.10. The number of fused-ring (bicyclic) bond motifs is 1. The maximum absolute atomic E-state index is 12.5. The van der Waals surface area contributed by atoms with Crippen LogP contribution in [0.2, 0.25) is 0 Å². The molecule has 1 heterocycles. The minimum absolute atomic E-state index is 0.202. The smallest absolute Gasteiger partial charge is 0.346 e. The Morgan fingerprint density at radius 1 is 1.15 bits per heavy atom. The minimum atomic E-state index is -0.760. The molecular formula is C21H20O6. The molecule has 0 saturated carbocycles. The summed E-state index contributed by atoms with van der Waals surface area (Å²) in [5.74, 6) is 1.12. The predicted molar refractivity (Wildman–Crippen MR) is 99.1 cm³/mol. The molecule has 0 aliphatic carbocycles. The number of ether oxygens (including phenoxy) is 4. The number of hydrogen-bond acceptors (Lipinski definition) is 6. The number of carbonyl (C=O) groups excluding carboxylic acids is 2. The van der Waals surface area contributed by atoms with Crippen molar-refractivity contribution in [1.29, 1.82) is 0 Å². The highest BCUT2D eigenvalue weighted by molar-refractivity contribution is 6.14. The van der Waals surface area contributed by atoms with Crippen molar-refractivity contribution in [3.63, 3.8) is 0 Å². The van der Waals surface area contributed by atoms with Gasteiger partial charge in [-0.2, -0.15) is 0 Å². The molecule has 1 aliphatic rings. The number of esters is 1. The second-order valence-corrected chi connectivity index (χ2v) is 5.88. The van der Waals surface area contributed by atoms with Crippen LogP contribution in [0.1, 0.15) is 29.8 Å². The zero-order chi connectivity index (χ0) is 19.4. The molecule has 1 atom stereocenters. The van der Waals surface area contributed by atoms with Crippen LogP contribution >= 0.6 is 0 Å². The van der Waals surface area contributed by atoms with Crippen LogP contribution in [-0.2, 0) is 9.53 Å². The number of benzene rings is 2. The molecule has 6 heteroatoms. The number of rotatable bonds is 6. The summed E-state index contributed by atoms with van der Waals surface area (Å²) in [5, 5.41) is 0. The van der Waals surface area contributed by atoms with Gasteiger partial charge in [0.1, 0.15) is 17.2 Å². The van der Waals surface area contributed by atoms with Crippen molar-refractivity contribution < 1.29 is 28.5 Å². The average Bonchev–Trinajstić information content (AvgIpc) is 2.97. The highest BCUT2D eigenvalue weighted by atomic mass is 16.6. The van der Waals surface area contributed by atoms with Crippen molar-refractivity contribution in [2.24, 2.45) is 0 Å². The molecule has 3 rings (SSSR count). The van der Waals surface area contributed by atoms with E-state index in [1.165, 1.54) is 7.11 Å². The highest BCUT2D eigenvalue weighted by Crippen LogP contribution is 2.35. The first kappa shape index (κ1) is 18.5. The molecule has 0 amide bonds. The van der Waals surface area contributed by atoms with E-state index in [0.29, 0.717) is 23.7 Å². The van der Waals surface area contributed by atoms with Crippen molar-refractivity contribution in [2.75, 3.05) is 13.7 Å². The Bertz CT molecular complexity index is 882. The Morgan fingerprint density at radius 2 is 1.85 bits per heavy atom. The highest BCUT2D eigenvalue weighted by Gasteiger charge is 2.28. The second kappa shape index (κ2) is 7.95. The third kappa shape index (κ3) is 4.11. The quantitative estimate of drug-likeness (QED) is 0.573. The van der Waals surface area contributed by atoms with E-state index in [-0.39, 0.29) is 11.5 Å². The Hall–Kier alpha value is -3.28. The van der Waals surface area contributed by atoms with Crippen molar-refractivity contribution >= 4 is 17.8 Å². The first-order valence-corrected chi connectivity index (χ1v) is 8.57. The lowest BCUT2D eigenvalue weighted by Gasteiger charge is -2.12. The van der Waals surface area contributed by atoms with Crippen LogP contribution in [0.4, 0.5) is 0 Å². The molecule has 0 bridgehead atoms. The van der Waals surface area contributed by atoms with Gasteiger partial charge in [-0.15, -0.1) is 0 Å². The third-order valence-corrected chi connectivity index (χ3v) is 3.98. The van der Waals surface area contributed by atoms with E-state index in [2.05, 4.69) is 4.74 Å². The molecule has 140 valence electrons. The number of carbonyl (C=O) groups is 2. The summed E-state index contributed by atoms with van der Waals surface area (Å²) in [6.07, 6.45) is 0.916. The SMILES string of the molecule is CCOc1ccc(/C=C2\Oc3cc(O[C@H](C)C(=O)OC)ccc3C2=O)cc1. The second-order valence-electron chi connectivity index (χ2n) is 5.88. The van der Waals surface area contributed by atoms with Gasteiger partial charge in [-0.25, -0.2) is 4.79 Å². The summed E-state index contributed by atoms with van der Waals surface area (Å²) in [6, 6.07) is 12.2. The fraction of sp³-hybridized carbons (Fsp3) is 0.238. The lowest BCUT2D eigenvalue weighted by atomic mass is 10.1. The minimum Gasteiger partial charge on any atom is -0.494 e. The molecule has 0 N–H and O–H groups in total. The van der Waals surface area contributed by atoms with E-state index < -0.39 is 12.1 Å². The lowest BCUT2D eigenvalue weighted by molar-refractivity contribution is -0.147. The predicted octanol–water partition coefficient (Wildman–Crippen LogP) is 3.64. The normalized spacial score (nSPS) is 15.1. The lowest BCUT2D eigenvalue weighted by Crippen LogP contribution is -2.24. The van der Waals surface area contributed by atoms with E-state index in [0.717, 1.165) is 11.3 Å². The van der Waals surface area contributed by atoms with Crippen LogP contribution in [-0.4, -0.2) is 31.6 Å². The van der Waals surface area contributed by atoms with E-state index in [4.69, 9.17) is 14.2 Å². The first-order valence-electron chi connectivity index (χ1n) is 8.57. The van der Waals surface area contributed by atoms with Crippen molar-refractivity contribution in [2.45, 2.75) is 20.0 Å². The number of ketones is 1. The van der Waals surface area contributed by atoms with E-state index >= 15 is 0 Å². The van der Waals surface area contributed by atoms with Crippen molar-refractivity contribution in [1.82, 2.24) is 0 Å². The number of Topliss-reactive ketones (excluding diaryl/α,β-unsaturated/α-hetero) is 1.